The third-order valence-electron chi connectivity index (χ3n) is 5.71. The van der Waals surface area contributed by atoms with E-state index in [0.29, 0.717) is 0 Å². The fraction of sp³-hybridized carbons (Fsp3) is 0.400. The van der Waals surface area contributed by atoms with Crippen molar-refractivity contribution in [3.63, 3.8) is 0 Å². The van der Waals surface area contributed by atoms with Gasteiger partial charge in [-0.2, -0.15) is 4.52 Å². The molecule has 7 nitrogen and oxygen atoms in total. The van der Waals surface area contributed by atoms with E-state index in [1.807, 2.05) is 24.0 Å². The molecule has 27 heavy (non-hydrogen) atoms. The lowest BCUT2D eigenvalue weighted by atomic mass is 9.98. The molecular weight excluding hydrogens is 340 g/mol. The van der Waals surface area contributed by atoms with Gasteiger partial charge in [0.1, 0.15) is 5.82 Å². The number of benzene rings is 1. The van der Waals surface area contributed by atoms with E-state index in [-0.39, 0.29) is 11.8 Å². The number of nitrogens with zero attached hydrogens (tertiary/aromatic N) is 6. The van der Waals surface area contributed by atoms with Crippen molar-refractivity contribution in [2.45, 2.75) is 26.3 Å². The van der Waals surface area contributed by atoms with Crippen molar-refractivity contribution >= 4 is 17.4 Å². The average Bonchev–Trinajstić information content (AvgIpc) is 3.34. The molecule has 0 aliphatic carbocycles. The fourth-order valence-electron chi connectivity index (χ4n) is 4.17. The van der Waals surface area contributed by atoms with Crippen LogP contribution in [0.5, 0.6) is 0 Å². The molecule has 2 aliphatic rings. The van der Waals surface area contributed by atoms with Gasteiger partial charge in [-0.05, 0) is 43.0 Å². The van der Waals surface area contributed by atoms with Crippen LogP contribution < -0.4 is 4.90 Å². The van der Waals surface area contributed by atoms with Gasteiger partial charge in [-0.3, -0.25) is 4.79 Å². The minimum absolute atomic E-state index is 0.0368. The maximum Gasteiger partial charge on any atom is 0.227 e. The Balaban J connectivity index is 1.30. The van der Waals surface area contributed by atoms with E-state index in [1.54, 1.807) is 4.52 Å². The molecular formula is C20H22N6O. The van der Waals surface area contributed by atoms with E-state index in [0.717, 1.165) is 56.3 Å². The van der Waals surface area contributed by atoms with E-state index in [4.69, 9.17) is 0 Å². The average molecular weight is 362 g/mol. The Labute approximate surface area is 157 Å². The molecule has 0 radical (unpaired) electrons. The lowest BCUT2D eigenvalue weighted by Crippen LogP contribution is -2.40. The molecule has 1 atom stereocenters. The molecule has 0 spiro atoms. The number of carbonyl (C=O) groups is 1. The molecule has 4 heterocycles. The van der Waals surface area contributed by atoms with Gasteiger partial charge >= 0.3 is 0 Å². The lowest BCUT2D eigenvalue weighted by Gasteiger charge is -2.31. The molecule has 2 aliphatic heterocycles. The summed E-state index contributed by atoms with van der Waals surface area (Å²) in [4.78, 5) is 17.3. The van der Waals surface area contributed by atoms with Crippen molar-refractivity contribution in [2.75, 3.05) is 24.5 Å². The first-order valence-corrected chi connectivity index (χ1v) is 9.48. The van der Waals surface area contributed by atoms with E-state index in [1.165, 1.54) is 11.1 Å². The number of amides is 1. The first-order valence-electron chi connectivity index (χ1n) is 9.48. The summed E-state index contributed by atoms with van der Waals surface area (Å²) in [6.07, 6.45) is 1.82. The van der Waals surface area contributed by atoms with E-state index in [2.05, 4.69) is 44.5 Å². The Morgan fingerprint density at radius 2 is 1.93 bits per heavy atom. The monoisotopic (exact) mass is 362 g/mol. The highest BCUT2D eigenvalue weighted by molar-refractivity contribution is 5.80. The Morgan fingerprint density at radius 3 is 2.81 bits per heavy atom. The third-order valence-corrected chi connectivity index (χ3v) is 5.71. The van der Waals surface area contributed by atoms with Gasteiger partial charge in [-0.25, -0.2) is 0 Å². The molecule has 0 bridgehead atoms. The second-order valence-electron chi connectivity index (χ2n) is 7.42. The predicted molar refractivity (Wildman–Crippen MR) is 101 cm³/mol. The summed E-state index contributed by atoms with van der Waals surface area (Å²) in [5.74, 6) is 1.96. The fourth-order valence-corrected chi connectivity index (χ4v) is 4.17. The van der Waals surface area contributed by atoms with Gasteiger partial charge in [0.25, 0.3) is 0 Å². The smallest absolute Gasteiger partial charge is 0.227 e. The second-order valence-corrected chi connectivity index (χ2v) is 7.42. The number of anilines is 1. The molecule has 0 saturated carbocycles. The maximum absolute atomic E-state index is 13.1. The van der Waals surface area contributed by atoms with Crippen LogP contribution in [0.25, 0.3) is 5.65 Å². The number of hydrogen-bond donors (Lipinski definition) is 0. The first-order chi connectivity index (χ1) is 13.2. The van der Waals surface area contributed by atoms with Gasteiger partial charge in [0.2, 0.25) is 5.91 Å². The highest BCUT2D eigenvalue weighted by Crippen LogP contribution is 2.26. The SMILES string of the molecule is Cc1nnc2ccc(N3CCC(C(=O)N4CCc5ccccc5C4)C3)nn12. The highest BCUT2D eigenvalue weighted by atomic mass is 16.2. The Kier molecular flexibility index (Phi) is 3.81. The van der Waals surface area contributed by atoms with Crippen LogP contribution in [0.4, 0.5) is 5.82 Å². The standard InChI is InChI=1S/C20H22N6O/c1-14-21-22-18-6-7-19(23-26(14)18)24-10-9-17(13-24)20(27)25-11-8-15-4-2-3-5-16(15)12-25/h2-7,17H,8-13H2,1H3. The molecule has 1 amide bonds. The van der Waals surface area contributed by atoms with Crippen molar-refractivity contribution in [3.05, 3.63) is 53.3 Å². The van der Waals surface area contributed by atoms with Gasteiger partial charge < -0.3 is 9.80 Å². The topological polar surface area (TPSA) is 66.6 Å². The van der Waals surface area contributed by atoms with Crippen LogP contribution in [0.3, 0.4) is 0 Å². The van der Waals surface area contributed by atoms with Crippen molar-refractivity contribution in [1.82, 2.24) is 24.7 Å². The summed E-state index contributed by atoms with van der Waals surface area (Å²) in [7, 11) is 0. The molecule has 7 heteroatoms. The number of fused-ring (bicyclic) bond motifs is 2. The number of hydrogen-bond acceptors (Lipinski definition) is 5. The Bertz CT molecular complexity index is 1010. The zero-order valence-electron chi connectivity index (χ0n) is 15.4. The van der Waals surface area contributed by atoms with E-state index in [9.17, 15) is 4.79 Å². The normalized spacial score (nSPS) is 19.5. The quantitative estimate of drug-likeness (QED) is 0.696. The summed E-state index contributed by atoms with van der Waals surface area (Å²) >= 11 is 0. The van der Waals surface area contributed by atoms with Gasteiger partial charge in [0, 0.05) is 26.2 Å². The molecule has 138 valence electrons. The summed E-state index contributed by atoms with van der Waals surface area (Å²) in [6, 6.07) is 12.3. The summed E-state index contributed by atoms with van der Waals surface area (Å²) < 4.78 is 1.76. The number of rotatable bonds is 2. The zero-order valence-corrected chi connectivity index (χ0v) is 15.4. The molecule has 1 aromatic carbocycles. The minimum Gasteiger partial charge on any atom is -0.354 e. The third kappa shape index (κ3) is 2.83. The summed E-state index contributed by atoms with van der Waals surface area (Å²) in [5, 5.41) is 12.8. The van der Waals surface area contributed by atoms with E-state index >= 15 is 0 Å². The second kappa shape index (κ2) is 6.33. The van der Waals surface area contributed by atoms with Crippen LogP contribution in [0.2, 0.25) is 0 Å². The molecule has 0 N–H and O–H groups in total. The first kappa shape index (κ1) is 16.2. The number of aryl methyl sites for hydroxylation is 1. The maximum atomic E-state index is 13.1. The van der Waals surface area contributed by atoms with Crippen LogP contribution in [0.15, 0.2) is 36.4 Å². The molecule has 2 aromatic heterocycles. The van der Waals surface area contributed by atoms with Gasteiger partial charge in [0.05, 0.1) is 5.92 Å². The highest BCUT2D eigenvalue weighted by Gasteiger charge is 2.33. The van der Waals surface area contributed by atoms with Crippen molar-refractivity contribution in [2.24, 2.45) is 5.92 Å². The largest absolute Gasteiger partial charge is 0.354 e. The molecule has 1 unspecified atom stereocenters. The predicted octanol–water partition coefficient (Wildman–Crippen LogP) is 1.84. The molecule has 1 fully saturated rings. The van der Waals surface area contributed by atoms with Crippen LogP contribution in [-0.4, -0.2) is 50.3 Å². The molecule has 5 rings (SSSR count). The van der Waals surface area contributed by atoms with Gasteiger partial charge in [-0.15, -0.1) is 15.3 Å². The minimum atomic E-state index is 0.0368. The van der Waals surface area contributed by atoms with Crippen molar-refractivity contribution in [1.29, 1.82) is 0 Å². The van der Waals surface area contributed by atoms with E-state index < -0.39 is 0 Å². The number of carbonyl (C=O) groups excluding carboxylic acids is 1. The van der Waals surface area contributed by atoms with Crippen LogP contribution >= 0.6 is 0 Å². The molecule has 3 aromatic rings. The van der Waals surface area contributed by atoms with Crippen LogP contribution in [-0.2, 0) is 17.8 Å². The number of aromatic nitrogens is 4. The van der Waals surface area contributed by atoms with Gasteiger partial charge in [-0.1, -0.05) is 24.3 Å². The van der Waals surface area contributed by atoms with Crippen molar-refractivity contribution in [3.8, 4) is 0 Å². The summed E-state index contributed by atoms with van der Waals surface area (Å²) in [5.41, 5.74) is 3.40. The Morgan fingerprint density at radius 1 is 1.07 bits per heavy atom. The van der Waals surface area contributed by atoms with Crippen molar-refractivity contribution < 1.29 is 4.79 Å². The van der Waals surface area contributed by atoms with Crippen LogP contribution in [0, 0.1) is 12.8 Å². The Hall–Kier alpha value is -2.96. The van der Waals surface area contributed by atoms with Crippen LogP contribution in [0.1, 0.15) is 23.4 Å². The van der Waals surface area contributed by atoms with Gasteiger partial charge in [0.15, 0.2) is 11.5 Å². The molecule has 1 saturated heterocycles. The lowest BCUT2D eigenvalue weighted by molar-refractivity contribution is -0.135. The summed E-state index contributed by atoms with van der Waals surface area (Å²) in [6.45, 7) is 5.00. The zero-order chi connectivity index (χ0) is 18.4.